The van der Waals surface area contributed by atoms with E-state index in [2.05, 4.69) is 20.5 Å². The molecule has 5 heteroatoms. The van der Waals surface area contributed by atoms with E-state index in [1.165, 1.54) is 12.3 Å². The first-order valence-corrected chi connectivity index (χ1v) is 5.37. The van der Waals surface area contributed by atoms with Crippen molar-refractivity contribution in [1.82, 2.24) is 20.5 Å². The van der Waals surface area contributed by atoms with Crippen molar-refractivity contribution in [2.24, 2.45) is 0 Å². The van der Waals surface area contributed by atoms with E-state index in [1.54, 1.807) is 12.3 Å². The zero-order valence-corrected chi connectivity index (χ0v) is 9.47. The van der Waals surface area contributed by atoms with Gasteiger partial charge in [-0.1, -0.05) is 0 Å². The number of hydrogen-bond acceptors (Lipinski definition) is 4. The van der Waals surface area contributed by atoms with E-state index < -0.39 is 0 Å². The molecule has 2 aromatic heterocycles. The van der Waals surface area contributed by atoms with Crippen molar-refractivity contribution in [3.05, 3.63) is 53.9 Å². The van der Waals surface area contributed by atoms with Gasteiger partial charge in [0.1, 0.15) is 5.82 Å². The van der Waals surface area contributed by atoms with Crippen molar-refractivity contribution in [1.29, 1.82) is 0 Å². The Hall–Kier alpha value is -1.88. The number of hydrogen-bond donors (Lipinski definition) is 1. The maximum atomic E-state index is 12.7. The molecule has 0 amide bonds. The largest absolute Gasteiger partial charge is 0.303 e. The molecular weight excluding hydrogens is 219 g/mol. The highest BCUT2D eigenvalue weighted by Gasteiger charge is 2.06. The van der Waals surface area contributed by atoms with Crippen LogP contribution in [0.1, 0.15) is 24.4 Å². The minimum atomic E-state index is -0.324. The molecule has 0 saturated carbocycles. The zero-order chi connectivity index (χ0) is 12.1. The first kappa shape index (κ1) is 11.6. The average molecular weight is 232 g/mol. The Labute approximate surface area is 98.9 Å². The fourth-order valence-corrected chi connectivity index (χ4v) is 1.43. The molecule has 0 bridgehead atoms. The SMILES string of the molecule is CC(NCc1cccnn1)c1ccc(F)cn1. The molecule has 88 valence electrons. The summed E-state index contributed by atoms with van der Waals surface area (Å²) in [7, 11) is 0. The van der Waals surface area contributed by atoms with Crippen LogP contribution in [0.3, 0.4) is 0 Å². The van der Waals surface area contributed by atoms with Crippen molar-refractivity contribution in [3.63, 3.8) is 0 Å². The van der Waals surface area contributed by atoms with E-state index in [0.717, 1.165) is 11.4 Å². The molecule has 0 saturated heterocycles. The van der Waals surface area contributed by atoms with E-state index >= 15 is 0 Å². The molecule has 2 heterocycles. The number of aromatic nitrogens is 3. The summed E-state index contributed by atoms with van der Waals surface area (Å²) in [6.07, 6.45) is 2.85. The Morgan fingerprint density at radius 1 is 1.35 bits per heavy atom. The molecule has 0 fully saturated rings. The number of halogens is 1. The highest BCUT2D eigenvalue weighted by atomic mass is 19.1. The second-order valence-corrected chi connectivity index (χ2v) is 3.72. The molecular formula is C12H13FN4. The van der Waals surface area contributed by atoms with Gasteiger partial charge in [0, 0.05) is 18.8 Å². The summed E-state index contributed by atoms with van der Waals surface area (Å²) < 4.78 is 12.7. The van der Waals surface area contributed by atoms with E-state index in [9.17, 15) is 4.39 Å². The Bertz CT molecular complexity index is 458. The first-order valence-electron chi connectivity index (χ1n) is 5.37. The highest BCUT2D eigenvalue weighted by Crippen LogP contribution is 2.09. The van der Waals surface area contributed by atoms with Gasteiger partial charge in [-0.2, -0.15) is 10.2 Å². The van der Waals surface area contributed by atoms with Gasteiger partial charge in [0.25, 0.3) is 0 Å². The smallest absolute Gasteiger partial charge is 0.141 e. The minimum absolute atomic E-state index is 0.0395. The third kappa shape index (κ3) is 3.29. The van der Waals surface area contributed by atoms with Crippen LogP contribution in [0.5, 0.6) is 0 Å². The number of rotatable bonds is 4. The van der Waals surface area contributed by atoms with E-state index in [-0.39, 0.29) is 11.9 Å². The van der Waals surface area contributed by atoms with Gasteiger partial charge < -0.3 is 5.32 Å². The second kappa shape index (κ2) is 5.45. The lowest BCUT2D eigenvalue weighted by molar-refractivity contribution is 0.546. The van der Waals surface area contributed by atoms with Crippen LogP contribution < -0.4 is 5.32 Å². The lowest BCUT2D eigenvalue weighted by atomic mass is 10.2. The van der Waals surface area contributed by atoms with Gasteiger partial charge in [0.15, 0.2) is 0 Å². The molecule has 2 aromatic rings. The first-order chi connectivity index (χ1) is 8.25. The molecule has 1 N–H and O–H groups in total. The molecule has 0 aromatic carbocycles. The predicted molar refractivity (Wildman–Crippen MR) is 61.5 cm³/mol. The molecule has 0 radical (unpaired) electrons. The van der Waals surface area contributed by atoms with Crippen molar-refractivity contribution >= 4 is 0 Å². The molecule has 4 nitrogen and oxygen atoms in total. The summed E-state index contributed by atoms with van der Waals surface area (Å²) >= 11 is 0. The van der Waals surface area contributed by atoms with Crippen LogP contribution in [0.15, 0.2) is 36.7 Å². The third-order valence-electron chi connectivity index (χ3n) is 2.41. The summed E-state index contributed by atoms with van der Waals surface area (Å²) in [5.74, 6) is -0.324. The third-order valence-corrected chi connectivity index (χ3v) is 2.41. The molecule has 2 rings (SSSR count). The number of pyridine rings is 1. The summed E-state index contributed by atoms with van der Waals surface area (Å²) in [4.78, 5) is 4.02. The lowest BCUT2D eigenvalue weighted by Gasteiger charge is -2.12. The molecule has 1 atom stereocenters. The van der Waals surface area contributed by atoms with Crippen LogP contribution >= 0.6 is 0 Å². The van der Waals surface area contributed by atoms with E-state index in [4.69, 9.17) is 0 Å². The molecule has 0 aliphatic carbocycles. The monoisotopic (exact) mass is 232 g/mol. The Kier molecular flexibility index (Phi) is 3.72. The fraction of sp³-hybridized carbons (Fsp3) is 0.250. The van der Waals surface area contributed by atoms with Crippen LogP contribution in [0, 0.1) is 5.82 Å². The lowest BCUT2D eigenvalue weighted by Crippen LogP contribution is -2.19. The highest BCUT2D eigenvalue weighted by molar-refractivity contribution is 5.09. The Balaban J connectivity index is 1.93. The predicted octanol–water partition coefficient (Wildman–Crippen LogP) is 1.86. The van der Waals surface area contributed by atoms with Crippen LogP contribution in [0.4, 0.5) is 4.39 Å². The molecule has 1 unspecified atom stereocenters. The van der Waals surface area contributed by atoms with Crippen molar-refractivity contribution in [2.45, 2.75) is 19.5 Å². The fourth-order valence-electron chi connectivity index (χ4n) is 1.43. The van der Waals surface area contributed by atoms with Gasteiger partial charge in [0.2, 0.25) is 0 Å². The summed E-state index contributed by atoms with van der Waals surface area (Å²) in [6.45, 7) is 2.57. The van der Waals surface area contributed by atoms with Crippen LogP contribution in [0.2, 0.25) is 0 Å². The quantitative estimate of drug-likeness (QED) is 0.874. The molecule has 0 aliphatic heterocycles. The van der Waals surface area contributed by atoms with Gasteiger partial charge in [-0.25, -0.2) is 4.39 Å². The summed E-state index contributed by atoms with van der Waals surface area (Å²) in [6, 6.07) is 6.85. The summed E-state index contributed by atoms with van der Waals surface area (Å²) in [5, 5.41) is 11.0. The van der Waals surface area contributed by atoms with Gasteiger partial charge in [-0.15, -0.1) is 0 Å². The van der Waals surface area contributed by atoms with Crippen molar-refractivity contribution in [3.8, 4) is 0 Å². The van der Waals surface area contributed by atoms with Gasteiger partial charge in [-0.3, -0.25) is 4.98 Å². The molecule has 0 aliphatic rings. The Morgan fingerprint density at radius 3 is 2.88 bits per heavy atom. The van der Waals surface area contributed by atoms with E-state index in [1.807, 2.05) is 19.1 Å². The van der Waals surface area contributed by atoms with Gasteiger partial charge in [-0.05, 0) is 31.2 Å². The van der Waals surface area contributed by atoms with Crippen molar-refractivity contribution < 1.29 is 4.39 Å². The van der Waals surface area contributed by atoms with E-state index in [0.29, 0.717) is 6.54 Å². The maximum absolute atomic E-state index is 12.7. The minimum Gasteiger partial charge on any atom is -0.303 e. The van der Waals surface area contributed by atoms with Gasteiger partial charge >= 0.3 is 0 Å². The summed E-state index contributed by atoms with van der Waals surface area (Å²) in [5.41, 5.74) is 1.66. The normalized spacial score (nSPS) is 12.4. The number of nitrogens with one attached hydrogen (secondary N) is 1. The zero-order valence-electron chi connectivity index (χ0n) is 9.47. The number of nitrogens with zero attached hydrogens (tertiary/aromatic N) is 3. The molecule has 17 heavy (non-hydrogen) atoms. The van der Waals surface area contributed by atoms with Crippen LogP contribution in [-0.2, 0) is 6.54 Å². The second-order valence-electron chi connectivity index (χ2n) is 3.72. The Morgan fingerprint density at radius 2 is 2.24 bits per heavy atom. The van der Waals surface area contributed by atoms with Crippen molar-refractivity contribution in [2.75, 3.05) is 0 Å². The topological polar surface area (TPSA) is 50.7 Å². The van der Waals surface area contributed by atoms with Crippen LogP contribution in [0.25, 0.3) is 0 Å². The van der Waals surface area contributed by atoms with Gasteiger partial charge in [0.05, 0.1) is 17.6 Å². The standard InChI is InChI=1S/C12H13FN4/c1-9(12-5-4-10(13)7-15-12)14-8-11-3-2-6-16-17-11/h2-7,9,14H,8H2,1H3. The maximum Gasteiger partial charge on any atom is 0.141 e. The average Bonchev–Trinajstić information content (AvgIpc) is 2.38. The molecule has 0 spiro atoms. The van der Waals surface area contributed by atoms with Crippen LogP contribution in [-0.4, -0.2) is 15.2 Å².